The van der Waals surface area contributed by atoms with Gasteiger partial charge in [0.25, 0.3) is 10.2 Å². The van der Waals surface area contributed by atoms with Crippen molar-refractivity contribution in [3.8, 4) is 5.88 Å². The van der Waals surface area contributed by atoms with E-state index in [0.717, 1.165) is 22.1 Å². The minimum atomic E-state index is -3.92. The molecule has 9 nitrogen and oxygen atoms in total. The van der Waals surface area contributed by atoms with Crippen molar-refractivity contribution in [1.29, 1.82) is 0 Å². The first-order valence-electron chi connectivity index (χ1n) is 8.85. The van der Waals surface area contributed by atoms with E-state index in [1.54, 1.807) is 0 Å². The number of nitrogens with two attached hydrogens (primary N) is 1. The molecule has 30 heavy (non-hydrogen) atoms. The van der Waals surface area contributed by atoms with Crippen LogP contribution < -0.4 is 9.88 Å². The number of halogens is 2. The predicted octanol–water partition coefficient (Wildman–Crippen LogP) is 0.729. The molecule has 2 heterocycles. The molecule has 0 bridgehead atoms. The third kappa shape index (κ3) is 5.42. The van der Waals surface area contributed by atoms with Crippen LogP contribution in [0.15, 0.2) is 29.4 Å². The predicted molar refractivity (Wildman–Crippen MR) is 104 cm³/mol. The van der Waals surface area contributed by atoms with Gasteiger partial charge in [0, 0.05) is 23.9 Å². The summed E-state index contributed by atoms with van der Waals surface area (Å²) in [5, 5.41) is 23.7. The average Bonchev–Trinajstić information content (AvgIpc) is 2.65. The Hall–Kier alpha value is -1.90. The number of hydrogen-bond donors (Lipinski definition) is 3. The zero-order valence-electron chi connectivity index (χ0n) is 15.6. The lowest BCUT2D eigenvalue weighted by atomic mass is 10.0. The van der Waals surface area contributed by atoms with Crippen LogP contribution in [-0.2, 0) is 16.0 Å². The molecule has 1 aliphatic heterocycles. The minimum absolute atomic E-state index is 0.0231. The number of ether oxygens (including phenoxy) is 1. The molecule has 1 aliphatic rings. The Labute approximate surface area is 176 Å². The van der Waals surface area contributed by atoms with Gasteiger partial charge in [0.15, 0.2) is 16.8 Å². The standard InChI is InChI=1S/C17H20F2N4O5S2/c18-12-3-1-2-10(16(12)19)9-29-17-21-13(14-4-5-23(14)30(20,26)27)6-15(22-17)28-8-11(25)7-24/h1-3,6,11,14,24-25H,4-5,7-9H2,(H2,20,26,27)/t11-,14?/m1/s1. The lowest BCUT2D eigenvalue weighted by Crippen LogP contribution is -2.48. The van der Waals surface area contributed by atoms with Crippen LogP contribution in [0.4, 0.5) is 8.78 Å². The molecule has 0 amide bonds. The van der Waals surface area contributed by atoms with Crippen molar-refractivity contribution in [3.05, 3.63) is 47.2 Å². The molecular weight excluding hydrogens is 442 g/mol. The maximum atomic E-state index is 13.9. The monoisotopic (exact) mass is 462 g/mol. The van der Waals surface area contributed by atoms with Gasteiger partial charge >= 0.3 is 0 Å². The highest BCUT2D eigenvalue weighted by molar-refractivity contribution is 7.98. The maximum Gasteiger partial charge on any atom is 0.277 e. The number of nitrogens with zero attached hydrogens (tertiary/aromatic N) is 3. The van der Waals surface area contributed by atoms with E-state index in [4.69, 9.17) is 15.0 Å². The number of thioether (sulfide) groups is 1. The molecule has 1 fully saturated rings. The first-order chi connectivity index (χ1) is 14.2. The lowest BCUT2D eigenvalue weighted by Gasteiger charge is -2.37. The van der Waals surface area contributed by atoms with Crippen molar-refractivity contribution in [1.82, 2.24) is 14.3 Å². The van der Waals surface area contributed by atoms with Gasteiger partial charge in [-0.15, -0.1) is 0 Å². The lowest BCUT2D eigenvalue weighted by molar-refractivity contribution is 0.0516. The summed E-state index contributed by atoms with van der Waals surface area (Å²) in [6.45, 7) is -0.525. The summed E-state index contributed by atoms with van der Waals surface area (Å²) >= 11 is 1.01. The van der Waals surface area contributed by atoms with Crippen LogP contribution in [0.2, 0.25) is 0 Å². The van der Waals surface area contributed by atoms with E-state index in [-0.39, 0.29) is 35.5 Å². The fourth-order valence-electron chi connectivity index (χ4n) is 2.73. The summed E-state index contributed by atoms with van der Waals surface area (Å²) in [7, 11) is -3.92. The molecule has 4 N–H and O–H groups in total. The third-order valence-electron chi connectivity index (χ3n) is 4.36. The van der Waals surface area contributed by atoms with Gasteiger partial charge < -0.3 is 14.9 Å². The molecule has 164 valence electrons. The van der Waals surface area contributed by atoms with Crippen molar-refractivity contribution in [2.24, 2.45) is 5.14 Å². The van der Waals surface area contributed by atoms with Crippen LogP contribution in [0.5, 0.6) is 5.88 Å². The number of rotatable bonds is 9. The van der Waals surface area contributed by atoms with E-state index >= 15 is 0 Å². The fraction of sp³-hybridized carbons (Fsp3) is 0.412. The number of aromatic nitrogens is 2. The van der Waals surface area contributed by atoms with Gasteiger partial charge in [-0.05, 0) is 12.5 Å². The number of benzene rings is 1. The van der Waals surface area contributed by atoms with Crippen molar-refractivity contribution < 1.29 is 32.1 Å². The molecule has 0 saturated carbocycles. The Morgan fingerprint density at radius 2 is 2.13 bits per heavy atom. The van der Waals surface area contributed by atoms with E-state index in [0.29, 0.717) is 12.1 Å². The molecular formula is C17H20F2N4O5S2. The van der Waals surface area contributed by atoms with Crippen LogP contribution in [0, 0.1) is 11.6 Å². The van der Waals surface area contributed by atoms with Crippen LogP contribution in [0.1, 0.15) is 23.7 Å². The van der Waals surface area contributed by atoms with E-state index < -0.39 is 40.6 Å². The zero-order valence-corrected chi connectivity index (χ0v) is 17.2. The van der Waals surface area contributed by atoms with Gasteiger partial charge in [0.2, 0.25) is 5.88 Å². The minimum Gasteiger partial charge on any atom is -0.475 e. The molecule has 3 rings (SSSR count). The summed E-state index contributed by atoms with van der Waals surface area (Å²) in [6.07, 6.45) is -0.653. The van der Waals surface area contributed by atoms with Crippen molar-refractivity contribution in [2.75, 3.05) is 19.8 Å². The smallest absolute Gasteiger partial charge is 0.277 e. The Bertz CT molecular complexity index is 1010. The topological polar surface area (TPSA) is 139 Å². The molecule has 13 heteroatoms. The first-order valence-corrected chi connectivity index (χ1v) is 11.3. The molecule has 2 atom stereocenters. The molecule has 0 aliphatic carbocycles. The van der Waals surface area contributed by atoms with Gasteiger partial charge in [-0.3, -0.25) is 0 Å². The number of aliphatic hydroxyl groups is 2. The average molecular weight is 463 g/mol. The van der Waals surface area contributed by atoms with E-state index in [1.807, 2.05) is 0 Å². The highest BCUT2D eigenvalue weighted by Gasteiger charge is 2.38. The second-order valence-corrected chi connectivity index (χ2v) is 8.96. The maximum absolute atomic E-state index is 13.9. The molecule has 1 aromatic heterocycles. The van der Waals surface area contributed by atoms with Gasteiger partial charge in [0.1, 0.15) is 12.7 Å². The zero-order chi connectivity index (χ0) is 21.9. The van der Waals surface area contributed by atoms with E-state index in [1.165, 1.54) is 18.2 Å². The molecule has 0 spiro atoms. The number of aliphatic hydroxyl groups excluding tert-OH is 2. The van der Waals surface area contributed by atoms with Crippen LogP contribution in [0.3, 0.4) is 0 Å². The Balaban J connectivity index is 1.84. The molecule has 0 radical (unpaired) electrons. The van der Waals surface area contributed by atoms with Gasteiger partial charge in [-0.1, -0.05) is 23.9 Å². The summed E-state index contributed by atoms with van der Waals surface area (Å²) in [4.78, 5) is 8.47. The van der Waals surface area contributed by atoms with Crippen molar-refractivity contribution in [3.63, 3.8) is 0 Å². The summed E-state index contributed by atoms with van der Waals surface area (Å²) in [5.74, 6) is -1.88. The quantitative estimate of drug-likeness (QED) is 0.366. The normalized spacial score (nSPS) is 18.1. The second-order valence-electron chi connectivity index (χ2n) is 6.52. The molecule has 1 unspecified atom stereocenters. The molecule has 1 aromatic carbocycles. The van der Waals surface area contributed by atoms with Gasteiger partial charge in [0.05, 0.1) is 18.3 Å². The van der Waals surface area contributed by atoms with E-state index in [9.17, 15) is 22.3 Å². The van der Waals surface area contributed by atoms with Crippen molar-refractivity contribution >= 4 is 22.0 Å². The van der Waals surface area contributed by atoms with E-state index in [2.05, 4.69) is 9.97 Å². The van der Waals surface area contributed by atoms with Gasteiger partial charge in [-0.25, -0.2) is 18.9 Å². The highest BCUT2D eigenvalue weighted by Crippen LogP contribution is 2.36. The fourth-order valence-corrected chi connectivity index (χ4v) is 4.49. The summed E-state index contributed by atoms with van der Waals surface area (Å²) in [6, 6.07) is 4.63. The van der Waals surface area contributed by atoms with Crippen LogP contribution in [-0.4, -0.2) is 58.8 Å². The van der Waals surface area contributed by atoms with Gasteiger partial charge in [-0.2, -0.15) is 17.7 Å². The van der Waals surface area contributed by atoms with Crippen LogP contribution in [0.25, 0.3) is 0 Å². The second kappa shape index (κ2) is 9.49. The Kier molecular flexibility index (Phi) is 7.21. The highest BCUT2D eigenvalue weighted by atomic mass is 32.2. The molecule has 1 saturated heterocycles. The summed E-state index contributed by atoms with van der Waals surface area (Å²) in [5.41, 5.74) is 0.433. The number of hydrogen-bond acceptors (Lipinski definition) is 8. The summed E-state index contributed by atoms with van der Waals surface area (Å²) < 4.78 is 57.1. The molecule has 2 aromatic rings. The largest absolute Gasteiger partial charge is 0.475 e. The first kappa shape index (κ1) is 22.8. The SMILES string of the molecule is NS(=O)(=O)N1CCC1c1cc(OC[C@H](O)CO)nc(SCc2cccc(F)c2F)n1. The Morgan fingerprint density at radius 3 is 2.77 bits per heavy atom. The van der Waals surface area contributed by atoms with Crippen molar-refractivity contribution in [2.45, 2.75) is 29.5 Å². The Morgan fingerprint density at radius 1 is 1.37 bits per heavy atom. The third-order valence-corrected chi connectivity index (χ3v) is 6.35. The van der Waals surface area contributed by atoms with Crippen LogP contribution >= 0.6 is 11.8 Å².